The zero-order valence-electron chi connectivity index (χ0n) is 12.6. The van der Waals surface area contributed by atoms with Crippen LogP contribution in [-0.2, 0) is 12.8 Å². The van der Waals surface area contributed by atoms with Gasteiger partial charge in [0.2, 0.25) is 5.82 Å². The molecule has 0 saturated carbocycles. The first kappa shape index (κ1) is 17.7. The lowest BCUT2D eigenvalue weighted by Crippen LogP contribution is -2.19. The summed E-state index contributed by atoms with van der Waals surface area (Å²) < 4.78 is 72.1. The van der Waals surface area contributed by atoms with Crippen LogP contribution in [0.1, 0.15) is 34.3 Å². The van der Waals surface area contributed by atoms with Crippen LogP contribution in [0.15, 0.2) is 17.0 Å². The highest BCUT2D eigenvalue weighted by molar-refractivity contribution is 7.80. The number of esters is 1. The molecular weight excluding hydrogens is 363 g/mol. The number of hydrogen-bond donors (Lipinski definition) is 1. The number of rotatable bonds is 2. The van der Waals surface area contributed by atoms with Crippen LogP contribution in [0.5, 0.6) is 5.75 Å². The molecule has 0 aliphatic heterocycles. The molecule has 0 atom stereocenters. The molecular formula is C17H11F5O2S. The first-order valence-corrected chi connectivity index (χ1v) is 7.85. The molecule has 0 bridgehead atoms. The van der Waals surface area contributed by atoms with Crippen molar-refractivity contribution < 1.29 is 31.5 Å². The molecule has 0 amide bonds. The molecule has 0 N–H and O–H groups in total. The minimum absolute atomic E-state index is 0.0190. The van der Waals surface area contributed by atoms with Crippen LogP contribution in [0.25, 0.3) is 0 Å². The second-order valence-electron chi connectivity index (χ2n) is 5.59. The third-order valence-corrected chi connectivity index (χ3v) is 4.42. The summed E-state index contributed by atoms with van der Waals surface area (Å²) in [5.41, 5.74) is -0.0854. The van der Waals surface area contributed by atoms with Crippen LogP contribution in [0.4, 0.5) is 22.0 Å². The SMILES string of the molecule is O=C(Oc1c(S)ccc2c1CCCC2)c1c(F)c(F)c(F)c(F)c1F. The van der Waals surface area contributed by atoms with E-state index in [1.165, 1.54) is 0 Å². The van der Waals surface area contributed by atoms with Gasteiger partial charge in [-0.05, 0) is 42.9 Å². The smallest absolute Gasteiger partial charge is 0.349 e. The number of carbonyl (C=O) groups excluding carboxylic acids is 1. The van der Waals surface area contributed by atoms with Crippen molar-refractivity contribution in [1.29, 1.82) is 0 Å². The van der Waals surface area contributed by atoms with Gasteiger partial charge in [0.1, 0.15) is 11.3 Å². The zero-order chi connectivity index (χ0) is 18.3. The molecule has 25 heavy (non-hydrogen) atoms. The molecule has 0 radical (unpaired) electrons. The Labute approximate surface area is 145 Å². The molecule has 0 saturated heterocycles. The van der Waals surface area contributed by atoms with E-state index in [-0.39, 0.29) is 10.6 Å². The van der Waals surface area contributed by atoms with E-state index < -0.39 is 40.6 Å². The van der Waals surface area contributed by atoms with Crippen molar-refractivity contribution in [3.63, 3.8) is 0 Å². The lowest BCUT2D eigenvalue weighted by Gasteiger charge is -2.20. The summed E-state index contributed by atoms with van der Waals surface area (Å²) in [6.07, 6.45) is 3.04. The Morgan fingerprint density at radius 1 is 0.880 bits per heavy atom. The van der Waals surface area contributed by atoms with Crippen LogP contribution in [0, 0.1) is 29.1 Å². The normalized spacial score (nSPS) is 13.5. The third kappa shape index (κ3) is 2.99. The van der Waals surface area contributed by atoms with Crippen molar-refractivity contribution in [3.8, 4) is 5.75 Å². The Kier molecular flexibility index (Phi) is 4.73. The Morgan fingerprint density at radius 3 is 2.08 bits per heavy atom. The summed E-state index contributed by atoms with van der Waals surface area (Å²) >= 11 is 4.15. The first-order chi connectivity index (χ1) is 11.8. The molecule has 1 aliphatic carbocycles. The summed E-state index contributed by atoms with van der Waals surface area (Å²) in [7, 11) is 0. The fourth-order valence-corrected chi connectivity index (χ4v) is 3.08. The largest absolute Gasteiger partial charge is 0.421 e. The van der Waals surface area contributed by atoms with E-state index in [1.807, 2.05) is 0 Å². The molecule has 0 fully saturated rings. The summed E-state index contributed by atoms with van der Waals surface area (Å²) in [5.74, 6) is -12.9. The average molecular weight is 374 g/mol. The van der Waals surface area contributed by atoms with Gasteiger partial charge in [0, 0.05) is 4.90 Å². The first-order valence-electron chi connectivity index (χ1n) is 7.40. The fraction of sp³-hybridized carbons (Fsp3) is 0.235. The van der Waals surface area contributed by atoms with E-state index in [0.29, 0.717) is 12.0 Å². The highest BCUT2D eigenvalue weighted by atomic mass is 32.1. The molecule has 0 spiro atoms. The van der Waals surface area contributed by atoms with Crippen molar-refractivity contribution in [1.82, 2.24) is 0 Å². The summed E-state index contributed by atoms with van der Waals surface area (Å²) in [6, 6.07) is 3.35. The molecule has 3 rings (SSSR count). The van der Waals surface area contributed by atoms with Gasteiger partial charge in [-0.3, -0.25) is 0 Å². The van der Waals surface area contributed by atoms with Crippen LogP contribution in [0.3, 0.4) is 0 Å². The monoisotopic (exact) mass is 374 g/mol. The second kappa shape index (κ2) is 6.67. The van der Waals surface area contributed by atoms with E-state index in [2.05, 4.69) is 12.6 Å². The highest BCUT2D eigenvalue weighted by Crippen LogP contribution is 2.36. The molecule has 0 heterocycles. The maximum atomic E-state index is 13.8. The molecule has 0 aromatic heterocycles. The predicted molar refractivity (Wildman–Crippen MR) is 81.5 cm³/mol. The average Bonchev–Trinajstić information content (AvgIpc) is 2.61. The maximum absolute atomic E-state index is 13.8. The van der Waals surface area contributed by atoms with Gasteiger partial charge in [-0.2, -0.15) is 0 Å². The van der Waals surface area contributed by atoms with Crippen molar-refractivity contribution in [2.24, 2.45) is 0 Å². The highest BCUT2D eigenvalue weighted by Gasteiger charge is 2.32. The van der Waals surface area contributed by atoms with Crippen molar-refractivity contribution in [2.75, 3.05) is 0 Å². The Bertz CT molecular complexity index is 853. The number of hydrogen-bond acceptors (Lipinski definition) is 3. The lowest BCUT2D eigenvalue weighted by atomic mass is 9.91. The number of ether oxygens (including phenoxy) is 1. The molecule has 1 aliphatic rings. The summed E-state index contributed by atoms with van der Waals surface area (Å²) in [6.45, 7) is 0. The van der Waals surface area contributed by atoms with Crippen molar-refractivity contribution in [3.05, 3.63) is 57.9 Å². The minimum atomic E-state index is -2.33. The number of halogens is 5. The maximum Gasteiger partial charge on any atom is 0.349 e. The van der Waals surface area contributed by atoms with Crippen LogP contribution < -0.4 is 4.74 Å². The molecule has 2 aromatic rings. The molecule has 8 heteroatoms. The third-order valence-electron chi connectivity index (χ3n) is 4.07. The quantitative estimate of drug-likeness (QED) is 0.205. The van der Waals surface area contributed by atoms with Crippen LogP contribution in [0.2, 0.25) is 0 Å². The van der Waals surface area contributed by atoms with E-state index in [0.717, 1.165) is 24.8 Å². The van der Waals surface area contributed by atoms with Crippen molar-refractivity contribution in [2.45, 2.75) is 30.6 Å². The van der Waals surface area contributed by atoms with Crippen LogP contribution >= 0.6 is 12.6 Å². The van der Waals surface area contributed by atoms with Crippen molar-refractivity contribution >= 4 is 18.6 Å². The topological polar surface area (TPSA) is 26.3 Å². The number of aryl methyl sites for hydroxylation is 1. The van der Waals surface area contributed by atoms with Gasteiger partial charge >= 0.3 is 5.97 Å². The molecule has 2 aromatic carbocycles. The number of fused-ring (bicyclic) bond motifs is 1. The molecule has 2 nitrogen and oxygen atoms in total. The number of thiol groups is 1. The van der Waals surface area contributed by atoms with Gasteiger partial charge in [-0.15, -0.1) is 12.6 Å². The van der Waals surface area contributed by atoms with Gasteiger partial charge in [-0.25, -0.2) is 26.7 Å². The van der Waals surface area contributed by atoms with Gasteiger partial charge in [0.25, 0.3) is 0 Å². The summed E-state index contributed by atoms with van der Waals surface area (Å²) in [4.78, 5) is 12.4. The summed E-state index contributed by atoms with van der Waals surface area (Å²) in [5, 5.41) is 0. The van der Waals surface area contributed by atoms with Gasteiger partial charge in [0.15, 0.2) is 23.3 Å². The van der Waals surface area contributed by atoms with E-state index in [1.54, 1.807) is 12.1 Å². The van der Waals surface area contributed by atoms with E-state index >= 15 is 0 Å². The minimum Gasteiger partial charge on any atom is -0.421 e. The van der Waals surface area contributed by atoms with E-state index in [4.69, 9.17) is 4.74 Å². The van der Waals surface area contributed by atoms with Gasteiger partial charge in [0.05, 0.1) is 0 Å². The fourth-order valence-electron chi connectivity index (χ4n) is 2.82. The lowest BCUT2D eigenvalue weighted by molar-refractivity contribution is 0.0714. The molecule has 0 unspecified atom stereocenters. The van der Waals surface area contributed by atoms with Crippen LogP contribution in [-0.4, -0.2) is 5.97 Å². The number of benzene rings is 2. The predicted octanol–water partition coefficient (Wildman–Crippen LogP) is 4.77. The molecule has 132 valence electrons. The van der Waals surface area contributed by atoms with E-state index in [9.17, 15) is 26.7 Å². The van der Waals surface area contributed by atoms with Gasteiger partial charge < -0.3 is 4.74 Å². The zero-order valence-corrected chi connectivity index (χ0v) is 13.5. The number of carbonyl (C=O) groups is 1. The Morgan fingerprint density at radius 2 is 1.44 bits per heavy atom. The Balaban J connectivity index is 2.05. The standard InChI is InChI=1S/C17H11F5O2S/c18-11-10(12(19)14(21)15(22)13(11)20)17(23)24-16-8-4-2-1-3-7(8)5-6-9(16)25/h5-6,25H,1-4H2. The second-order valence-corrected chi connectivity index (χ2v) is 6.07. The van der Waals surface area contributed by atoms with Gasteiger partial charge in [-0.1, -0.05) is 6.07 Å². The Hall–Kier alpha value is -2.09.